The quantitative estimate of drug-likeness (QED) is 0.655. The summed E-state index contributed by atoms with van der Waals surface area (Å²) in [5.74, 6) is -0.285. The normalized spacial score (nSPS) is 10.2. The summed E-state index contributed by atoms with van der Waals surface area (Å²) in [7, 11) is 0. The summed E-state index contributed by atoms with van der Waals surface area (Å²) in [4.78, 5) is 0. The molecule has 0 aliphatic rings. The molecular weight excluding hydrogens is 143 g/mol. The van der Waals surface area contributed by atoms with Gasteiger partial charge in [-0.2, -0.15) is 0 Å². The number of halogens is 1. The summed E-state index contributed by atoms with van der Waals surface area (Å²) < 4.78 is 13.1. The first-order chi connectivity index (χ1) is 5.16. The van der Waals surface area contributed by atoms with E-state index < -0.39 is 0 Å². The summed E-state index contributed by atoms with van der Waals surface area (Å²) in [6.45, 7) is 3.25. The fourth-order valence-corrected chi connectivity index (χ4v) is 1.03. The lowest BCUT2D eigenvalue weighted by atomic mass is 10.1. The van der Waals surface area contributed by atoms with Gasteiger partial charge in [0.05, 0.1) is 6.61 Å². The summed E-state index contributed by atoms with van der Waals surface area (Å²) in [6, 6.07) is 3.52. The Labute approximate surface area is 65.5 Å². The van der Waals surface area contributed by atoms with E-state index in [0.717, 1.165) is 5.56 Å². The van der Waals surface area contributed by atoms with Crippen molar-refractivity contribution >= 4 is 0 Å². The molecule has 0 atom stereocenters. The lowest BCUT2D eigenvalue weighted by molar-refractivity contribution is 0.274. The van der Waals surface area contributed by atoms with Gasteiger partial charge in [-0.05, 0) is 25.0 Å². The molecule has 0 aromatic heterocycles. The SMILES string of the molecule is Cc1ccc(C)c(CO)c1F. The van der Waals surface area contributed by atoms with Crippen molar-refractivity contribution in [3.8, 4) is 0 Å². The highest BCUT2D eigenvalue weighted by atomic mass is 19.1. The Morgan fingerprint density at radius 3 is 2.27 bits per heavy atom. The highest BCUT2D eigenvalue weighted by Gasteiger charge is 2.05. The summed E-state index contributed by atoms with van der Waals surface area (Å²) in [6.07, 6.45) is 0. The molecule has 0 aliphatic carbocycles. The molecule has 0 heterocycles. The smallest absolute Gasteiger partial charge is 0.131 e. The lowest BCUT2D eigenvalue weighted by Gasteiger charge is -2.05. The highest BCUT2D eigenvalue weighted by Crippen LogP contribution is 2.16. The van der Waals surface area contributed by atoms with E-state index in [2.05, 4.69) is 0 Å². The van der Waals surface area contributed by atoms with Crippen molar-refractivity contribution in [2.75, 3.05) is 0 Å². The molecule has 0 spiro atoms. The Morgan fingerprint density at radius 1 is 1.27 bits per heavy atom. The average molecular weight is 154 g/mol. The Kier molecular flexibility index (Phi) is 2.25. The van der Waals surface area contributed by atoms with E-state index in [0.29, 0.717) is 11.1 Å². The van der Waals surface area contributed by atoms with Crippen molar-refractivity contribution in [2.45, 2.75) is 20.5 Å². The van der Waals surface area contributed by atoms with Crippen molar-refractivity contribution in [1.82, 2.24) is 0 Å². The number of rotatable bonds is 1. The van der Waals surface area contributed by atoms with Gasteiger partial charge in [-0.15, -0.1) is 0 Å². The molecule has 0 unspecified atom stereocenters. The number of aliphatic hydroxyl groups is 1. The summed E-state index contributed by atoms with van der Waals surface area (Å²) in [5.41, 5.74) is 1.79. The first kappa shape index (κ1) is 8.21. The molecule has 0 amide bonds. The Hall–Kier alpha value is -0.890. The van der Waals surface area contributed by atoms with Crippen LogP contribution >= 0.6 is 0 Å². The monoisotopic (exact) mass is 154 g/mol. The molecule has 1 rings (SSSR count). The van der Waals surface area contributed by atoms with Crippen molar-refractivity contribution < 1.29 is 9.50 Å². The molecule has 1 nitrogen and oxygen atoms in total. The van der Waals surface area contributed by atoms with Gasteiger partial charge in [-0.25, -0.2) is 4.39 Å². The van der Waals surface area contributed by atoms with Gasteiger partial charge in [0.25, 0.3) is 0 Å². The molecule has 0 radical (unpaired) electrons. The maximum absolute atomic E-state index is 13.1. The van der Waals surface area contributed by atoms with Gasteiger partial charge in [0.15, 0.2) is 0 Å². The second-order valence-corrected chi connectivity index (χ2v) is 2.65. The third-order valence-electron chi connectivity index (χ3n) is 1.83. The van der Waals surface area contributed by atoms with E-state index in [1.54, 1.807) is 19.9 Å². The number of hydrogen-bond donors (Lipinski definition) is 1. The number of benzene rings is 1. The van der Waals surface area contributed by atoms with Crippen LogP contribution < -0.4 is 0 Å². The van der Waals surface area contributed by atoms with Gasteiger partial charge in [0.1, 0.15) is 5.82 Å². The van der Waals surface area contributed by atoms with Crippen molar-refractivity contribution in [2.24, 2.45) is 0 Å². The van der Waals surface area contributed by atoms with Crippen LogP contribution in [-0.4, -0.2) is 5.11 Å². The van der Waals surface area contributed by atoms with Crippen LogP contribution in [0.1, 0.15) is 16.7 Å². The molecule has 11 heavy (non-hydrogen) atoms. The zero-order valence-corrected chi connectivity index (χ0v) is 6.69. The van der Waals surface area contributed by atoms with E-state index >= 15 is 0 Å². The van der Waals surface area contributed by atoms with Gasteiger partial charge >= 0.3 is 0 Å². The molecule has 0 saturated heterocycles. The molecule has 1 N–H and O–H groups in total. The van der Waals surface area contributed by atoms with Crippen LogP contribution in [0.25, 0.3) is 0 Å². The van der Waals surface area contributed by atoms with Gasteiger partial charge in [0.2, 0.25) is 0 Å². The largest absolute Gasteiger partial charge is 0.392 e. The average Bonchev–Trinajstić information content (AvgIpc) is 1.99. The van der Waals surface area contributed by atoms with Gasteiger partial charge < -0.3 is 5.11 Å². The number of hydrogen-bond acceptors (Lipinski definition) is 1. The zero-order chi connectivity index (χ0) is 8.43. The van der Waals surface area contributed by atoms with E-state index in [1.165, 1.54) is 0 Å². The maximum Gasteiger partial charge on any atom is 0.131 e. The van der Waals surface area contributed by atoms with Crippen LogP contribution in [0.5, 0.6) is 0 Å². The molecule has 2 heteroatoms. The van der Waals surface area contributed by atoms with E-state index in [4.69, 9.17) is 5.11 Å². The molecule has 1 aromatic carbocycles. The van der Waals surface area contributed by atoms with E-state index in [1.807, 2.05) is 6.07 Å². The predicted molar refractivity (Wildman–Crippen MR) is 41.8 cm³/mol. The Bertz CT molecular complexity index is 269. The van der Waals surface area contributed by atoms with Crippen LogP contribution in [0.15, 0.2) is 12.1 Å². The van der Waals surface area contributed by atoms with Crippen LogP contribution in [0.4, 0.5) is 4.39 Å². The molecule has 0 bridgehead atoms. The maximum atomic E-state index is 13.1. The molecule has 1 aromatic rings. The van der Waals surface area contributed by atoms with E-state index in [-0.39, 0.29) is 12.4 Å². The molecule has 0 fully saturated rings. The molecule has 60 valence electrons. The van der Waals surface area contributed by atoms with Crippen molar-refractivity contribution in [3.05, 3.63) is 34.6 Å². The third kappa shape index (κ3) is 1.40. The van der Waals surface area contributed by atoms with Crippen LogP contribution in [0, 0.1) is 19.7 Å². The van der Waals surface area contributed by atoms with Crippen LogP contribution in [0.2, 0.25) is 0 Å². The summed E-state index contributed by atoms with van der Waals surface area (Å²) >= 11 is 0. The predicted octanol–water partition coefficient (Wildman–Crippen LogP) is 1.93. The first-order valence-corrected chi connectivity index (χ1v) is 3.52. The fourth-order valence-electron chi connectivity index (χ4n) is 1.03. The minimum absolute atomic E-state index is 0.223. The topological polar surface area (TPSA) is 20.2 Å². The standard InChI is InChI=1S/C9H11FO/c1-6-3-4-7(2)9(10)8(6)5-11/h3-4,11H,5H2,1-2H3. The highest BCUT2D eigenvalue weighted by molar-refractivity contribution is 5.31. The molecule has 0 saturated carbocycles. The zero-order valence-electron chi connectivity index (χ0n) is 6.69. The minimum Gasteiger partial charge on any atom is -0.392 e. The van der Waals surface area contributed by atoms with Crippen LogP contribution in [-0.2, 0) is 6.61 Å². The fraction of sp³-hybridized carbons (Fsp3) is 0.333. The molecule has 0 aliphatic heterocycles. The molecular formula is C9H11FO. The third-order valence-corrected chi connectivity index (χ3v) is 1.83. The second-order valence-electron chi connectivity index (χ2n) is 2.65. The van der Waals surface area contributed by atoms with Crippen molar-refractivity contribution in [3.63, 3.8) is 0 Å². The summed E-state index contributed by atoms with van der Waals surface area (Å²) in [5, 5.41) is 8.78. The van der Waals surface area contributed by atoms with E-state index in [9.17, 15) is 4.39 Å². The first-order valence-electron chi connectivity index (χ1n) is 3.52. The second kappa shape index (κ2) is 3.01. The number of aliphatic hydroxyl groups excluding tert-OH is 1. The minimum atomic E-state index is -0.285. The van der Waals surface area contributed by atoms with Gasteiger partial charge in [-0.3, -0.25) is 0 Å². The van der Waals surface area contributed by atoms with Crippen LogP contribution in [0.3, 0.4) is 0 Å². The Balaban J connectivity index is 3.29. The Morgan fingerprint density at radius 2 is 1.82 bits per heavy atom. The lowest BCUT2D eigenvalue weighted by Crippen LogP contribution is -1.96. The van der Waals surface area contributed by atoms with Gasteiger partial charge in [-0.1, -0.05) is 12.1 Å². The number of aryl methyl sites for hydroxylation is 2. The van der Waals surface area contributed by atoms with Crippen molar-refractivity contribution in [1.29, 1.82) is 0 Å². The van der Waals surface area contributed by atoms with Gasteiger partial charge in [0, 0.05) is 5.56 Å².